The summed E-state index contributed by atoms with van der Waals surface area (Å²) >= 11 is 0. The predicted octanol–water partition coefficient (Wildman–Crippen LogP) is 1.94. The van der Waals surface area contributed by atoms with E-state index < -0.39 is 5.60 Å². The number of rotatable bonds is 8. The zero-order valence-corrected chi connectivity index (χ0v) is 14.8. The first-order valence-corrected chi connectivity index (χ1v) is 8.83. The zero-order chi connectivity index (χ0) is 17.4. The molecule has 1 saturated heterocycles. The van der Waals surface area contributed by atoms with Crippen LogP contribution in [-0.2, 0) is 16.1 Å². The van der Waals surface area contributed by atoms with Gasteiger partial charge in [-0.1, -0.05) is 30.3 Å². The van der Waals surface area contributed by atoms with Crippen LogP contribution in [-0.4, -0.2) is 53.9 Å². The summed E-state index contributed by atoms with van der Waals surface area (Å²) < 4.78 is 5.36. The van der Waals surface area contributed by atoms with Gasteiger partial charge in [-0.3, -0.25) is 9.69 Å². The molecule has 1 aromatic carbocycles. The van der Waals surface area contributed by atoms with Crippen LogP contribution in [0.15, 0.2) is 30.3 Å². The average Bonchev–Trinajstić information content (AvgIpc) is 2.53. The van der Waals surface area contributed by atoms with Gasteiger partial charge in [-0.05, 0) is 19.4 Å². The van der Waals surface area contributed by atoms with E-state index in [9.17, 15) is 9.90 Å². The molecule has 1 aliphatic heterocycles. The van der Waals surface area contributed by atoms with Crippen LogP contribution in [0.1, 0.15) is 38.7 Å². The van der Waals surface area contributed by atoms with Gasteiger partial charge in [0, 0.05) is 58.2 Å². The van der Waals surface area contributed by atoms with E-state index in [2.05, 4.69) is 22.3 Å². The normalized spacial score (nSPS) is 17.2. The smallest absolute Gasteiger partial charge is 0.221 e. The van der Waals surface area contributed by atoms with Gasteiger partial charge >= 0.3 is 0 Å². The minimum atomic E-state index is -0.721. The summed E-state index contributed by atoms with van der Waals surface area (Å²) in [7, 11) is 0. The second kappa shape index (κ2) is 9.16. The van der Waals surface area contributed by atoms with E-state index in [1.165, 1.54) is 5.56 Å². The van der Waals surface area contributed by atoms with Crippen LogP contribution in [0.2, 0.25) is 0 Å². The second-order valence-electron chi connectivity index (χ2n) is 7.01. The van der Waals surface area contributed by atoms with Gasteiger partial charge in [-0.2, -0.15) is 0 Å². The van der Waals surface area contributed by atoms with E-state index in [1.807, 2.05) is 32.0 Å². The van der Waals surface area contributed by atoms with Gasteiger partial charge in [0.25, 0.3) is 0 Å². The molecule has 0 unspecified atom stereocenters. The van der Waals surface area contributed by atoms with Crippen molar-refractivity contribution >= 4 is 5.91 Å². The third-order valence-electron chi connectivity index (χ3n) is 4.30. The third-order valence-corrected chi connectivity index (χ3v) is 4.30. The average molecular weight is 334 g/mol. The summed E-state index contributed by atoms with van der Waals surface area (Å²) in [6, 6.07) is 10.3. The minimum absolute atomic E-state index is 0.0574. The van der Waals surface area contributed by atoms with Gasteiger partial charge in [-0.15, -0.1) is 0 Å². The fourth-order valence-corrected chi connectivity index (χ4v) is 3.04. The first kappa shape index (κ1) is 18.9. The van der Waals surface area contributed by atoms with Gasteiger partial charge in [-0.25, -0.2) is 0 Å². The van der Waals surface area contributed by atoms with Gasteiger partial charge in [0.1, 0.15) is 0 Å². The number of hydrogen-bond acceptors (Lipinski definition) is 4. The molecule has 0 aromatic heterocycles. The van der Waals surface area contributed by atoms with Crippen molar-refractivity contribution in [2.45, 2.75) is 51.3 Å². The van der Waals surface area contributed by atoms with Crippen molar-refractivity contribution in [3.05, 3.63) is 35.9 Å². The van der Waals surface area contributed by atoms with Gasteiger partial charge in [0.05, 0.1) is 5.60 Å². The van der Waals surface area contributed by atoms with E-state index in [0.717, 1.165) is 6.54 Å². The maximum Gasteiger partial charge on any atom is 0.221 e. The maximum absolute atomic E-state index is 12.0. The van der Waals surface area contributed by atoms with Gasteiger partial charge in [0.15, 0.2) is 0 Å². The summed E-state index contributed by atoms with van der Waals surface area (Å²) in [4.78, 5) is 14.1. The largest absolute Gasteiger partial charge is 0.388 e. The van der Waals surface area contributed by atoms with Crippen LogP contribution >= 0.6 is 0 Å². The lowest BCUT2D eigenvalue weighted by atomic mass is 9.93. The molecule has 1 fully saturated rings. The van der Waals surface area contributed by atoms with E-state index in [4.69, 9.17) is 4.74 Å². The number of ether oxygens (including phenoxy) is 1. The highest BCUT2D eigenvalue weighted by molar-refractivity contribution is 5.76. The fourth-order valence-electron chi connectivity index (χ4n) is 3.04. The van der Waals surface area contributed by atoms with E-state index >= 15 is 0 Å². The Balaban J connectivity index is 1.96. The monoisotopic (exact) mass is 334 g/mol. The van der Waals surface area contributed by atoms with Crippen molar-refractivity contribution < 1.29 is 14.6 Å². The number of nitrogens with zero attached hydrogens (tertiary/aromatic N) is 1. The van der Waals surface area contributed by atoms with Crippen molar-refractivity contribution in [2.24, 2.45) is 0 Å². The predicted molar refractivity (Wildman–Crippen MR) is 94.6 cm³/mol. The number of aliphatic hydroxyl groups is 1. The minimum Gasteiger partial charge on any atom is -0.388 e. The highest BCUT2D eigenvalue weighted by Gasteiger charge is 2.32. The summed E-state index contributed by atoms with van der Waals surface area (Å²) in [6.45, 7) is 7.07. The molecule has 0 bridgehead atoms. The molecule has 0 aliphatic carbocycles. The van der Waals surface area contributed by atoms with Crippen LogP contribution in [0, 0.1) is 0 Å². The van der Waals surface area contributed by atoms with Crippen LogP contribution in [0.25, 0.3) is 0 Å². The molecule has 24 heavy (non-hydrogen) atoms. The molecule has 134 valence electrons. The van der Waals surface area contributed by atoms with Gasteiger partial charge < -0.3 is 15.2 Å². The Labute approximate surface area is 145 Å². The van der Waals surface area contributed by atoms with Gasteiger partial charge in [0.2, 0.25) is 5.91 Å². The number of benzene rings is 1. The van der Waals surface area contributed by atoms with Crippen LogP contribution in [0.3, 0.4) is 0 Å². The molecule has 1 aliphatic rings. The van der Waals surface area contributed by atoms with Crippen molar-refractivity contribution in [2.75, 3.05) is 26.3 Å². The summed E-state index contributed by atoms with van der Waals surface area (Å²) in [5, 5.41) is 13.7. The molecule has 1 heterocycles. The summed E-state index contributed by atoms with van der Waals surface area (Å²) in [6.07, 6.45) is 1.74. The van der Waals surface area contributed by atoms with Crippen LogP contribution in [0.5, 0.6) is 0 Å². The highest BCUT2D eigenvalue weighted by Crippen LogP contribution is 2.22. The Morgan fingerprint density at radius 1 is 1.29 bits per heavy atom. The first-order valence-electron chi connectivity index (χ1n) is 8.83. The van der Waals surface area contributed by atoms with E-state index in [0.29, 0.717) is 45.6 Å². The fraction of sp³-hybridized carbons (Fsp3) is 0.632. The molecule has 0 radical (unpaired) electrons. The van der Waals surface area contributed by atoms with E-state index in [1.54, 1.807) is 0 Å². The van der Waals surface area contributed by atoms with Crippen LogP contribution in [0.4, 0.5) is 0 Å². The highest BCUT2D eigenvalue weighted by atomic mass is 16.5. The number of amides is 1. The number of carbonyl (C=O) groups excluding carboxylic acids is 1. The number of hydrogen-bond donors (Lipinski definition) is 2. The van der Waals surface area contributed by atoms with Crippen molar-refractivity contribution in [1.82, 2.24) is 10.2 Å². The molecule has 0 spiro atoms. The standard InChI is InChI=1S/C19H30N2O3/c1-16(2)20-18(22)8-11-21(14-17-6-4-3-5-7-17)15-19(23)9-12-24-13-10-19/h3-7,16,23H,8-15H2,1-2H3,(H,20,22). The van der Waals surface area contributed by atoms with Crippen molar-refractivity contribution in [1.29, 1.82) is 0 Å². The third kappa shape index (κ3) is 6.59. The Morgan fingerprint density at radius 2 is 1.96 bits per heavy atom. The molecule has 5 nitrogen and oxygen atoms in total. The molecule has 2 rings (SSSR count). The lowest BCUT2D eigenvalue weighted by molar-refractivity contribution is -0.122. The maximum atomic E-state index is 12.0. The Hall–Kier alpha value is -1.43. The second-order valence-corrected chi connectivity index (χ2v) is 7.01. The first-order chi connectivity index (χ1) is 11.5. The lowest BCUT2D eigenvalue weighted by Gasteiger charge is -2.37. The Kier molecular flexibility index (Phi) is 7.21. The van der Waals surface area contributed by atoms with Crippen LogP contribution < -0.4 is 5.32 Å². The Morgan fingerprint density at radius 3 is 2.58 bits per heavy atom. The van der Waals surface area contributed by atoms with Crippen molar-refractivity contribution in [3.63, 3.8) is 0 Å². The molecular formula is C19H30N2O3. The molecule has 5 heteroatoms. The SMILES string of the molecule is CC(C)NC(=O)CCN(Cc1ccccc1)CC1(O)CCOCC1. The quantitative estimate of drug-likeness (QED) is 0.763. The van der Waals surface area contributed by atoms with E-state index in [-0.39, 0.29) is 11.9 Å². The molecule has 0 saturated carbocycles. The molecule has 1 aromatic rings. The zero-order valence-electron chi connectivity index (χ0n) is 14.8. The number of carbonyl (C=O) groups is 1. The molecular weight excluding hydrogens is 304 g/mol. The topological polar surface area (TPSA) is 61.8 Å². The molecule has 1 amide bonds. The number of nitrogens with one attached hydrogen (secondary N) is 1. The summed E-state index contributed by atoms with van der Waals surface area (Å²) in [5.41, 5.74) is 0.471. The molecule has 0 atom stereocenters. The Bertz CT molecular complexity index is 499. The summed E-state index contributed by atoms with van der Waals surface area (Å²) in [5.74, 6) is 0.0574. The lowest BCUT2D eigenvalue weighted by Crippen LogP contribution is -2.47. The van der Waals surface area contributed by atoms with Crippen molar-refractivity contribution in [3.8, 4) is 0 Å². The molecule has 2 N–H and O–H groups in total.